The minimum absolute atomic E-state index is 0. The smallest absolute Gasteiger partial charge is 0.0383 e. The summed E-state index contributed by atoms with van der Waals surface area (Å²) in [7, 11) is 0. The fourth-order valence-electron chi connectivity index (χ4n) is 1.80. The maximum absolute atomic E-state index is 8.89. The molecule has 0 N–H and O–H groups in total. The third kappa shape index (κ3) is 21.9. The van der Waals surface area contributed by atoms with E-state index in [1.807, 2.05) is 0 Å². The topological polar surface area (TPSA) is 40.1 Å². The summed E-state index contributed by atoms with van der Waals surface area (Å²) >= 11 is 0. The second-order valence-electron chi connectivity index (χ2n) is 4.34. The van der Waals surface area contributed by atoms with Crippen LogP contribution in [-0.2, 0) is 25.2 Å². The van der Waals surface area contributed by atoms with E-state index in [-0.39, 0.29) is 20.4 Å². The number of hydrogen-bond donors (Lipinski definition) is 0. The number of carboxylic acids is 1. The zero-order valence-electron chi connectivity index (χ0n) is 10.9. The fraction of sp³-hybridized carbons (Fsp3) is 0.786. The van der Waals surface area contributed by atoms with E-state index < -0.39 is 5.97 Å². The fourth-order valence-corrected chi connectivity index (χ4v) is 1.80. The van der Waals surface area contributed by atoms with Crippen LogP contribution < -0.4 is 5.11 Å². The summed E-state index contributed by atoms with van der Waals surface area (Å²) in [6, 6.07) is 0. The summed E-state index contributed by atoms with van der Waals surface area (Å²) in [6.45, 7) is 0.972. The second-order valence-corrected chi connectivity index (χ2v) is 4.34. The average molecular weight is 332 g/mol. The van der Waals surface area contributed by atoms with Crippen LogP contribution >= 0.6 is 0 Å². The molecule has 2 fully saturated rings. The van der Waals surface area contributed by atoms with Crippen LogP contribution in [0, 0.1) is 12.8 Å². The zero-order valence-corrected chi connectivity index (χ0v) is 12.4. The first-order valence-corrected chi connectivity index (χ1v) is 6.54. The molecule has 0 spiro atoms. The van der Waals surface area contributed by atoms with E-state index in [0.717, 1.165) is 6.92 Å². The maximum atomic E-state index is 8.89. The third-order valence-electron chi connectivity index (χ3n) is 2.63. The number of rotatable bonds is 0. The van der Waals surface area contributed by atoms with Gasteiger partial charge < -0.3 is 22.7 Å². The van der Waals surface area contributed by atoms with E-state index in [1.165, 1.54) is 64.2 Å². The Kier molecular flexibility index (Phi) is 18.5. The van der Waals surface area contributed by atoms with Gasteiger partial charge in [0, 0.05) is 26.4 Å². The Bertz CT molecular complexity index is 113. The molecule has 0 aromatic rings. The molecule has 0 aromatic heterocycles. The van der Waals surface area contributed by atoms with E-state index in [0.29, 0.717) is 0 Å². The first-order chi connectivity index (χ1) is 7.73. The summed E-state index contributed by atoms with van der Waals surface area (Å²) in [6.07, 6.45) is 19.0. The van der Waals surface area contributed by atoms with Gasteiger partial charge in [0.15, 0.2) is 0 Å². The molecule has 2 rings (SSSR count). The first kappa shape index (κ1) is 19.5. The summed E-state index contributed by atoms with van der Waals surface area (Å²) in [5.74, 6) is -1.08. The molecule has 0 amide bonds. The molecule has 0 bridgehead atoms. The van der Waals surface area contributed by atoms with E-state index >= 15 is 0 Å². The SMILES string of the molecule is CC(=O)[O-].[CH-]1CCCCC1.[CH-]1CCCCC1.[Pd]. The molecule has 0 saturated heterocycles. The molecule has 0 atom stereocenters. The normalized spacial score (nSPS) is 18.4. The molecule has 0 radical (unpaired) electrons. The summed E-state index contributed by atoms with van der Waals surface area (Å²) in [4.78, 5) is 8.89. The maximum Gasteiger partial charge on any atom is 0.0383 e. The first-order valence-electron chi connectivity index (χ1n) is 6.54. The minimum Gasteiger partial charge on any atom is -0.550 e. The molecule has 2 saturated carbocycles. The van der Waals surface area contributed by atoms with Crippen LogP contribution in [-0.4, -0.2) is 5.97 Å². The van der Waals surface area contributed by atoms with Crippen molar-refractivity contribution in [2.75, 3.05) is 0 Å². The Labute approximate surface area is 120 Å². The molecule has 2 aliphatic rings. The monoisotopic (exact) mass is 331 g/mol. The van der Waals surface area contributed by atoms with Crippen LogP contribution in [0.25, 0.3) is 0 Å². The van der Waals surface area contributed by atoms with Gasteiger partial charge in [-0.2, -0.15) is 25.7 Å². The molecule has 17 heavy (non-hydrogen) atoms. The van der Waals surface area contributed by atoms with E-state index in [4.69, 9.17) is 9.90 Å². The van der Waals surface area contributed by atoms with Gasteiger partial charge in [0.2, 0.25) is 0 Å². The Morgan fingerprint density at radius 1 is 0.824 bits per heavy atom. The van der Waals surface area contributed by atoms with Crippen LogP contribution in [0.3, 0.4) is 0 Å². The average Bonchev–Trinajstić information content (AvgIpc) is 2.34. The van der Waals surface area contributed by atoms with Crippen LogP contribution in [0.2, 0.25) is 0 Å². The zero-order chi connectivity index (χ0) is 12.1. The van der Waals surface area contributed by atoms with Gasteiger partial charge >= 0.3 is 0 Å². The van der Waals surface area contributed by atoms with Crippen molar-refractivity contribution >= 4 is 5.97 Å². The number of hydrogen-bond acceptors (Lipinski definition) is 2. The molecule has 0 aliphatic heterocycles. The molecule has 0 unspecified atom stereocenters. The molecular formula is C14H25O2Pd-3. The van der Waals surface area contributed by atoms with E-state index in [1.54, 1.807) is 0 Å². The van der Waals surface area contributed by atoms with Crippen LogP contribution in [0.4, 0.5) is 0 Å². The Morgan fingerprint density at radius 3 is 1.12 bits per heavy atom. The number of carbonyl (C=O) groups excluding carboxylic acids is 1. The van der Waals surface area contributed by atoms with Crippen molar-refractivity contribution in [2.45, 2.75) is 71.1 Å². The van der Waals surface area contributed by atoms with Crippen molar-refractivity contribution in [3.63, 3.8) is 0 Å². The van der Waals surface area contributed by atoms with Crippen molar-refractivity contribution < 1.29 is 30.3 Å². The van der Waals surface area contributed by atoms with Gasteiger partial charge in [0.1, 0.15) is 0 Å². The summed E-state index contributed by atoms with van der Waals surface area (Å²) in [5, 5.41) is 8.89. The molecule has 0 heterocycles. The van der Waals surface area contributed by atoms with Crippen molar-refractivity contribution in [3.8, 4) is 0 Å². The second kappa shape index (κ2) is 16.1. The van der Waals surface area contributed by atoms with Gasteiger partial charge in [-0.15, -0.1) is 0 Å². The van der Waals surface area contributed by atoms with Gasteiger partial charge in [-0.1, -0.05) is 38.5 Å². The van der Waals surface area contributed by atoms with E-state index in [9.17, 15) is 0 Å². The van der Waals surface area contributed by atoms with Crippen LogP contribution in [0.1, 0.15) is 71.1 Å². The standard InChI is InChI=1S/2C6H11.C2H4O2.Pd/c2*1-2-4-6-5-3-1;1-2(3)4;/h2*1H,2-6H2;1H3,(H,3,4);/q2*-1;;/p-1. The molecular weight excluding hydrogens is 307 g/mol. The minimum atomic E-state index is -1.08. The number of carbonyl (C=O) groups is 1. The summed E-state index contributed by atoms with van der Waals surface area (Å²) in [5.41, 5.74) is 0. The van der Waals surface area contributed by atoms with Crippen molar-refractivity contribution in [3.05, 3.63) is 12.8 Å². The van der Waals surface area contributed by atoms with Crippen LogP contribution in [0.15, 0.2) is 0 Å². The molecule has 2 aliphatic carbocycles. The molecule has 3 heteroatoms. The molecule has 0 aromatic carbocycles. The Balaban J connectivity index is 0. The third-order valence-corrected chi connectivity index (χ3v) is 2.63. The number of carboxylic acid groups (broad SMARTS) is 1. The van der Waals surface area contributed by atoms with Gasteiger partial charge in [-0.25, -0.2) is 0 Å². The largest absolute Gasteiger partial charge is 0.550 e. The van der Waals surface area contributed by atoms with Crippen molar-refractivity contribution in [1.29, 1.82) is 0 Å². The molecule has 2 nitrogen and oxygen atoms in total. The van der Waals surface area contributed by atoms with Crippen molar-refractivity contribution in [2.24, 2.45) is 0 Å². The van der Waals surface area contributed by atoms with Crippen LogP contribution in [0.5, 0.6) is 0 Å². The van der Waals surface area contributed by atoms with E-state index in [2.05, 4.69) is 12.8 Å². The Morgan fingerprint density at radius 2 is 1.06 bits per heavy atom. The predicted molar refractivity (Wildman–Crippen MR) is 65.5 cm³/mol. The van der Waals surface area contributed by atoms with Gasteiger partial charge in [0.05, 0.1) is 0 Å². The van der Waals surface area contributed by atoms with Gasteiger partial charge in [-0.05, 0) is 6.92 Å². The number of aliphatic carboxylic acids is 1. The Hall–Kier alpha value is 0.132. The predicted octanol–water partition coefficient (Wildman–Crippen LogP) is 3.06. The van der Waals surface area contributed by atoms with Gasteiger partial charge in [0.25, 0.3) is 0 Å². The van der Waals surface area contributed by atoms with Crippen molar-refractivity contribution in [1.82, 2.24) is 0 Å². The molecule has 106 valence electrons. The quantitative estimate of drug-likeness (QED) is 0.505. The van der Waals surface area contributed by atoms with Gasteiger partial charge in [-0.3, -0.25) is 0 Å². The summed E-state index contributed by atoms with van der Waals surface area (Å²) < 4.78 is 0.